The van der Waals surface area contributed by atoms with Crippen LogP contribution < -0.4 is 9.13 Å². The molecule has 2 saturated heterocycles. The Morgan fingerprint density at radius 3 is 2.21 bits per heavy atom. The number of aliphatic hydroxyl groups is 1. The van der Waals surface area contributed by atoms with Crippen LogP contribution in [0.2, 0.25) is 0 Å². The number of carbonyl (C=O) groups excluding carboxylic acids is 7. The molecule has 2 aromatic heterocycles. The van der Waals surface area contributed by atoms with Gasteiger partial charge in [0.1, 0.15) is 24.0 Å². The van der Waals surface area contributed by atoms with E-state index in [2.05, 4.69) is 0 Å². The van der Waals surface area contributed by atoms with Crippen LogP contribution in [-0.4, -0.2) is 134 Å². The molecule has 0 radical (unpaired) electrons. The highest BCUT2D eigenvalue weighted by molar-refractivity contribution is 7.07. The number of carbonyl (C=O) groups is 7. The number of ketones is 3. The van der Waals surface area contributed by atoms with Crippen molar-refractivity contribution in [1.29, 1.82) is 0 Å². The van der Waals surface area contributed by atoms with Crippen LogP contribution in [0.15, 0.2) is 69.4 Å². The number of ether oxygens (including phenoxy) is 7. The van der Waals surface area contributed by atoms with Crippen LogP contribution in [0.25, 0.3) is 0 Å². The van der Waals surface area contributed by atoms with Crippen molar-refractivity contribution < 1.29 is 81.0 Å². The van der Waals surface area contributed by atoms with E-state index in [-0.39, 0.29) is 61.7 Å². The maximum Gasteiger partial charge on any atom is 0.603 e. The van der Waals surface area contributed by atoms with Gasteiger partial charge in [0, 0.05) is 72.3 Å². The Bertz CT molecular complexity index is 2680. The molecule has 0 unspecified atom stereocenters. The number of allylic oxidation sites excluding steroid dienone is 6. The van der Waals surface area contributed by atoms with Gasteiger partial charge in [-0.2, -0.15) is 9.36 Å². The van der Waals surface area contributed by atoms with Crippen molar-refractivity contribution in [2.24, 2.45) is 35.5 Å². The summed E-state index contributed by atoms with van der Waals surface area (Å²) < 4.78 is 45.7. The van der Waals surface area contributed by atoms with E-state index in [1.165, 1.54) is 39.3 Å². The van der Waals surface area contributed by atoms with Crippen molar-refractivity contribution in [2.75, 3.05) is 27.9 Å². The number of aryl methyl sites for hydroxylation is 2. The number of piperidine rings is 1. The van der Waals surface area contributed by atoms with E-state index in [9.17, 15) is 38.7 Å². The normalized spacial score (nSPS) is 34.3. The number of esters is 2. The number of amides is 1. The number of rotatable bonds is 10. The Morgan fingerprint density at radius 2 is 1.54 bits per heavy atom. The maximum absolute atomic E-state index is 14.8. The highest BCUT2D eigenvalue weighted by Crippen LogP contribution is 2.38. The van der Waals surface area contributed by atoms with Gasteiger partial charge in [-0.3, -0.25) is 19.2 Å². The number of nitrogens with zero attached hydrogens (tertiary/aromatic N) is 3. The molecule has 15 atom stereocenters. The number of Topliss-reactive ketones (excluding diaryl/α,β-unsaturated/α-hetero) is 3. The van der Waals surface area contributed by atoms with Crippen molar-refractivity contribution in [1.82, 2.24) is 4.90 Å². The van der Waals surface area contributed by atoms with Gasteiger partial charge in [-0.05, 0) is 107 Å². The summed E-state index contributed by atoms with van der Waals surface area (Å²) in [4.78, 5) is 101. The highest BCUT2D eigenvalue weighted by atomic mass is 32.1. The second kappa shape index (κ2) is 30.6. The molecule has 18 nitrogen and oxygen atoms in total. The van der Waals surface area contributed by atoms with Gasteiger partial charge in [-0.15, -0.1) is 0 Å². The average molecular weight is 1180 g/mol. The maximum atomic E-state index is 14.8. The third-order valence-corrected chi connectivity index (χ3v) is 18.8. The Kier molecular flexibility index (Phi) is 24.7. The average Bonchev–Trinajstić information content (AvgIpc) is 3.66. The zero-order valence-corrected chi connectivity index (χ0v) is 51.7. The smallest absolute Gasteiger partial charge is 0.460 e. The summed E-state index contributed by atoms with van der Waals surface area (Å²) >= 11 is 2.81. The number of aromatic nitrogens is 2. The predicted molar refractivity (Wildman–Crippen MR) is 307 cm³/mol. The third-order valence-electron chi connectivity index (χ3n) is 17.1. The lowest BCUT2D eigenvalue weighted by atomic mass is 9.78. The number of thiazole rings is 2. The zero-order chi connectivity index (χ0) is 60.0. The van der Waals surface area contributed by atoms with Crippen LogP contribution in [0.3, 0.4) is 0 Å². The molecule has 1 aliphatic carbocycles. The van der Waals surface area contributed by atoms with Gasteiger partial charge < -0.3 is 43.2 Å². The molecule has 5 heterocycles. The molecule has 1 N–H and O–H groups in total. The van der Waals surface area contributed by atoms with Gasteiger partial charge >= 0.3 is 18.0 Å². The quantitative estimate of drug-likeness (QED) is 0.0777. The molecule has 2 aromatic rings. The minimum Gasteiger partial charge on any atom is -0.460 e. The summed E-state index contributed by atoms with van der Waals surface area (Å²) in [6.45, 7) is 16.5. The van der Waals surface area contributed by atoms with Crippen LogP contribution >= 0.6 is 22.7 Å². The number of cyclic esters (lactones) is 1. The minimum atomic E-state index is -2.47. The fourth-order valence-corrected chi connectivity index (χ4v) is 13.4. The Balaban J connectivity index is 1.33. The van der Waals surface area contributed by atoms with E-state index in [4.69, 9.17) is 33.2 Å². The first-order chi connectivity index (χ1) is 39.0. The monoisotopic (exact) mass is 1180 g/mol. The van der Waals surface area contributed by atoms with Crippen LogP contribution in [0.5, 0.6) is 0 Å². The van der Waals surface area contributed by atoms with Gasteiger partial charge in [0.2, 0.25) is 29.0 Å². The van der Waals surface area contributed by atoms with E-state index in [0.717, 1.165) is 11.3 Å². The lowest BCUT2D eigenvalue weighted by molar-refractivity contribution is -0.687. The number of fused-ring (bicyclic) bond motifs is 3. The Morgan fingerprint density at radius 1 is 0.805 bits per heavy atom. The molecule has 1 saturated carbocycles. The van der Waals surface area contributed by atoms with Crippen LogP contribution in [0, 0.1) is 49.4 Å². The fraction of sp³-hybridized carbons (Fsp3) is 0.661. The number of hydrogen-bond acceptors (Lipinski definition) is 17. The first-order valence-corrected chi connectivity index (χ1v) is 31.0. The molecule has 3 aliphatic heterocycles. The Hall–Kier alpha value is -5.09. The SMILES string of the molecule is CO[C@@H]1C[C@@H]2CC[C@@H](C)[C@@](O)(O2)C(=O)C(=O)N2CCCC[C@H]2C(=O)O[C@H]([C@H](C)C[C@@H]2CC[C@@H](OC(=O)C[n+]3cscc3C)[C@H](OC)C2)CC(=O)[C@H](C)/C=C(\C)[C@@H](OC(=O)[n+]2cscc2C)[C@@H](OC)C(=O)[C@H](C)C[C@H](C)/C=C/C=C/C=C/1C. The van der Waals surface area contributed by atoms with E-state index >= 15 is 0 Å². The van der Waals surface area contributed by atoms with Crippen LogP contribution in [0.4, 0.5) is 4.79 Å². The first-order valence-electron chi connectivity index (χ1n) is 29.1. The van der Waals surface area contributed by atoms with Gasteiger partial charge in [-0.25, -0.2) is 9.59 Å². The topological polar surface area (TPSA) is 215 Å². The molecule has 3 fully saturated rings. The minimum absolute atomic E-state index is 0.0137. The van der Waals surface area contributed by atoms with Gasteiger partial charge in [-0.1, -0.05) is 98.3 Å². The largest absolute Gasteiger partial charge is 0.603 e. The van der Waals surface area contributed by atoms with Gasteiger partial charge in [0.25, 0.3) is 11.7 Å². The first kappa shape index (κ1) is 66.1. The molecule has 1 amide bonds. The van der Waals surface area contributed by atoms with E-state index in [0.29, 0.717) is 69.1 Å². The highest BCUT2D eigenvalue weighted by Gasteiger charge is 2.53. The molecule has 452 valence electrons. The molecule has 20 heteroatoms. The molecule has 82 heavy (non-hydrogen) atoms. The molecule has 0 aromatic carbocycles. The molecule has 4 aliphatic rings. The van der Waals surface area contributed by atoms with Gasteiger partial charge in [0.15, 0.2) is 23.7 Å². The van der Waals surface area contributed by atoms with Crippen molar-refractivity contribution in [3.05, 3.63) is 80.8 Å². The second-order valence-corrected chi connectivity index (χ2v) is 24.8. The Labute approximate surface area is 492 Å². The lowest BCUT2D eigenvalue weighted by Gasteiger charge is -2.42. The van der Waals surface area contributed by atoms with E-state index < -0.39 is 102 Å². The van der Waals surface area contributed by atoms with Crippen molar-refractivity contribution in [2.45, 2.75) is 200 Å². The molecule has 6 rings (SSSR count). The molecule has 0 spiro atoms. The number of hydrogen-bond donors (Lipinski definition) is 1. The second-order valence-electron chi connectivity index (χ2n) is 23.4. The van der Waals surface area contributed by atoms with E-state index in [1.807, 2.05) is 80.5 Å². The summed E-state index contributed by atoms with van der Waals surface area (Å²) in [5.41, 5.74) is 6.31. The van der Waals surface area contributed by atoms with Crippen LogP contribution in [0.1, 0.15) is 137 Å². The molecular weight excluding hydrogens is 1090 g/mol. The summed E-state index contributed by atoms with van der Waals surface area (Å²) in [6.07, 6.45) is 9.79. The molecule has 2 bridgehead atoms. The standard InChI is InChI=1S/C62H89N3O15S2/c1-37-18-14-13-15-19-38(2)51(74-10)30-47-23-21-43(7)62(73,80-47)58(69)59(70)64-25-17-16-20-48(64)60(71)78-52(40(4)28-46-22-24-50(53(29-46)75-11)77-54(67)32-63-35-81-33-44(63)8)31-49(66)39(3)27-42(6)56(57(76-12)55(68)41(5)26-37)79-61(72)65-36-82-34-45(65)9/h13-15,18-19,27,33-37,39-41,43,46-48,50-53,56-57,73H,16-17,20-26,28-32H2,1-12H3/q+2/b15-13+,18-14+,38-19+,42-27+/t37-,39-,40-,41-,43-,46+,47+,48+,50-,51-,52+,53-,56-,57+,62-/m1/s1. The summed E-state index contributed by atoms with van der Waals surface area (Å²) in [5, 5.41) is 15.9. The van der Waals surface area contributed by atoms with Crippen molar-refractivity contribution >= 4 is 64.0 Å². The molecular formula is C62H89N3O15S2+2. The summed E-state index contributed by atoms with van der Waals surface area (Å²) in [6, 6.07) is -1.20. The summed E-state index contributed by atoms with van der Waals surface area (Å²) in [5.74, 6) is -9.05. The van der Waals surface area contributed by atoms with E-state index in [1.54, 1.807) is 58.9 Å². The van der Waals surface area contributed by atoms with Gasteiger partial charge in [0.05, 0.1) is 29.1 Å². The van der Waals surface area contributed by atoms with Crippen LogP contribution in [-0.2, 0) is 68.5 Å². The van der Waals surface area contributed by atoms with Crippen molar-refractivity contribution in [3.8, 4) is 0 Å². The lowest BCUT2D eigenvalue weighted by Crippen LogP contribution is -2.61. The predicted octanol–water partition coefficient (Wildman–Crippen LogP) is 8.44. The number of methoxy groups -OCH3 is 3. The van der Waals surface area contributed by atoms with Crippen molar-refractivity contribution in [3.63, 3.8) is 0 Å². The zero-order valence-electron chi connectivity index (χ0n) is 50.1. The third kappa shape index (κ3) is 17.1. The fourth-order valence-electron chi connectivity index (χ4n) is 11.9. The summed E-state index contributed by atoms with van der Waals surface area (Å²) in [7, 11) is 4.55.